The fraction of sp³-hybridized carbons (Fsp3) is 0.235. The van der Waals surface area contributed by atoms with Gasteiger partial charge >= 0.3 is 0 Å². The molecule has 0 radical (unpaired) electrons. The van der Waals surface area contributed by atoms with Gasteiger partial charge in [-0.2, -0.15) is 0 Å². The number of nitrogens with one attached hydrogen (secondary N) is 1. The molecule has 0 saturated carbocycles. The van der Waals surface area contributed by atoms with Crippen LogP contribution in [0.1, 0.15) is 27.6 Å². The van der Waals surface area contributed by atoms with Crippen LogP contribution in [0.5, 0.6) is 0 Å². The number of amides is 1. The molecule has 1 amide bonds. The summed E-state index contributed by atoms with van der Waals surface area (Å²) in [5.74, 6) is -0.105. The summed E-state index contributed by atoms with van der Waals surface area (Å²) in [6, 6.07) is 15.3. The molecule has 0 bridgehead atoms. The fourth-order valence-corrected chi connectivity index (χ4v) is 2.58. The minimum atomic E-state index is -0.151. The van der Waals surface area contributed by atoms with Gasteiger partial charge in [0.25, 0.3) is 5.91 Å². The first-order valence-corrected chi connectivity index (χ1v) is 7.53. The maximum atomic E-state index is 12.1. The van der Waals surface area contributed by atoms with E-state index in [1.807, 2.05) is 43.3 Å². The fourth-order valence-electron chi connectivity index (χ4n) is 2.19. The van der Waals surface area contributed by atoms with Crippen LogP contribution in [0.4, 0.5) is 0 Å². The van der Waals surface area contributed by atoms with Crippen molar-refractivity contribution in [3.05, 3.63) is 69.7 Å². The van der Waals surface area contributed by atoms with Gasteiger partial charge in [0.2, 0.25) is 0 Å². The van der Waals surface area contributed by atoms with Gasteiger partial charge in [0, 0.05) is 23.7 Å². The van der Waals surface area contributed by atoms with Crippen molar-refractivity contribution in [1.29, 1.82) is 0 Å². The molecule has 1 N–H and O–H groups in total. The zero-order valence-electron chi connectivity index (χ0n) is 12.1. The van der Waals surface area contributed by atoms with Gasteiger partial charge in [-0.1, -0.05) is 46.3 Å². The lowest BCUT2D eigenvalue weighted by atomic mass is 10.0. The van der Waals surface area contributed by atoms with Crippen molar-refractivity contribution in [2.24, 2.45) is 0 Å². The first-order chi connectivity index (χ1) is 10.1. The number of hydrogen-bond donors (Lipinski definition) is 1. The first kappa shape index (κ1) is 15.7. The molecule has 4 heteroatoms. The highest BCUT2D eigenvalue weighted by Gasteiger charge is 2.14. The summed E-state index contributed by atoms with van der Waals surface area (Å²) >= 11 is 3.37. The third-order valence-corrected chi connectivity index (χ3v) is 3.85. The van der Waals surface area contributed by atoms with E-state index in [1.54, 1.807) is 19.2 Å². The summed E-state index contributed by atoms with van der Waals surface area (Å²) in [6.45, 7) is 2.48. The molecule has 0 aromatic heterocycles. The quantitative estimate of drug-likeness (QED) is 0.891. The van der Waals surface area contributed by atoms with Crippen LogP contribution in [-0.2, 0) is 4.74 Å². The zero-order valence-corrected chi connectivity index (χ0v) is 13.7. The third-order valence-electron chi connectivity index (χ3n) is 3.35. The Hall–Kier alpha value is -1.65. The van der Waals surface area contributed by atoms with Gasteiger partial charge < -0.3 is 10.1 Å². The number of ether oxygens (including phenoxy) is 1. The molecule has 110 valence electrons. The molecular formula is C17H18BrNO2. The van der Waals surface area contributed by atoms with Gasteiger partial charge in [-0.25, -0.2) is 0 Å². The van der Waals surface area contributed by atoms with Crippen LogP contribution in [0.15, 0.2) is 53.0 Å². The van der Waals surface area contributed by atoms with Crippen LogP contribution in [0.3, 0.4) is 0 Å². The van der Waals surface area contributed by atoms with Crippen molar-refractivity contribution in [3.63, 3.8) is 0 Å². The van der Waals surface area contributed by atoms with Crippen molar-refractivity contribution < 1.29 is 9.53 Å². The molecule has 0 aliphatic carbocycles. The zero-order chi connectivity index (χ0) is 15.2. The predicted octanol–water partition coefficient (Wildman–Crippen LogP) is 3.88. The Morgan fingerprint density at radius 3 is 2.67 bits per heavy atom. The van der Waals surface area contributed by atoms with Crippen molar-refractivity contribution in [1.82, 2.24) is 5.32 Å². The van der Waals surface area contributed by atoms with E-state index in [-0.39, 0.29) is 12.0 Å². The standard InChI is InChI=1S/C17H18BrNO2/c1-12-6-3-4-9-15(12)16(21-2)11-19-17(20)13-7-5-8-14(18)10-13/h3-10,16H,11H2,1-2H3,(H,19,20). The summed E-state index contributed by atoms with van der Waals surface area (Å²) in [5.41, 5.74) is 2.87. The van der Waals surface area contributed by atoms with Crippen LogP contribution in [0, 0.1) is 6.92 Å². The molecule has 1 atom stereocenters. The van der Waals surface area contributed by atoms with E-state index in [2.05, 4.69) is 21.2 Å². The molecule has 3 nitrogen and oxygen atoms in total. The number of aryl methyl sites for hydroxylation is 1. The lowest BCUT2D eigenvalue weighted by molar-refractivity contribution is 0.0826. The van der Waals surface area contributed by atoms with E-state index < -0.39 is 0 Å². The monoisotopic (exact) mass is 347 g/mol. The normalized spacial score (nSPS) is 12.0. The molecule has 2 aromatic rings. The minimum Gasteiger partial charge on any atom is -0.375 e. The van der Waals surface area contributed by atoms with Gasteiger partial charge in [-0.15, -0.1) is 0 Å². The van der Waals surface area contributed by atoms with Crippen LogP contribution in [0.25, 0.3) is 0 Å². The average Bonchev–Trinajstić information content (AvgIpc) is 2.49. The van der Waals surface area contributed by atoms with Crippen molar-refractivity contribution in [3.8, 4) is 0 Å². The first-order valence-electron chi connectivity index (χ1n) is 6.74. The molecule has 21 heavy (non-hydrogen) atoms. The summed E-state index contributed by atoms with van der Waals surface area (Å²) in [4.78, 5) is 12.1. The van der Waals surface area contributed by atoms with E-state index in [4.69, 9.17) is 4.74 Å². The van der Waals surface area contributed by atoms with Gasteiger partial charge in [0.05, 0.1) is 6.10 Å². The van der Waals surface area contributed by atoms with Crippen molar-refractivity contribution in [2.45, 2.75) is 13.0 Å². The van der Waals surface area contributed by atoms with Gasteiger partial charge in [-0.3, -0.25) is 4.79 Å². The predicted molar refractivity (Wildman–Crippen MR) is 87.4 cm³/mol. The Labute approximate surface area is 133 Å². The van der Waals surface area contributed by atoms with E-state index >= 15 is 0 Å². The largest absolute Gasteiger partial charge is 0.375 e. The number of carbonyl (C=O) groups is 1. The smallest absolute Gasteiger partial charge is 0.251 e. The van der Waals surface area contributed by atoms with Gasteiger partial charge in [0.1, 0.15) is 0 Å². The number of hydrogen-bond acceptors (Lipinski definition) is 2. The molecule has 2 rings (SSSR count). The van der Waals surface area contributed by atoms with Crippen LogP contribution < -0.4 is 5.32 Å². The highest BCUT2D eigenvalue weighted by molar-refractivity contribution is 9.10. The Morgan fingerprint density at radius 1 is 1.24 bits per heavy atom. The Balaban J connectivity index is 2.04. The number of carbonyl (C=O) groups excluding carboxylic acids is 1. The molecule has 1 unspecified atom stereocenters. The molecule has 0 aliphatic heterocycles. The summed E-state index contributed by atoms with van der Waals surface area (Å²) < 4.78 is 6.39. The molecule has 0 saturated heterocycles. The second kappa shape index (κ2) is 7.38. The summed E-state index contributed by atoms with van der Waals surface area (Å²) in [7, 11) is 1.66. The van der Waals surface area contributed by atoms with E-state index in [1.165, 1.54) is 0 Å². The van der Waals surface area contributed by atoms with E-state index in [0.717, 1.165) is 15.6 Å². The number of halogens is 1. The topological polar surface area (TPSA) is 38.3 Å². The van der Waals surface area contributed by atoms with Gasteiger partial charge in [-0.05, 0) is 36.2 Å². The van der Waals surface area contributed by atoms with Crippen molar-refractivity contribution >= 4 is 21.8 Å². The number of benzene rings is 2. The minimum absolute atomic E-state index is 0.105. The molecule has 0 aliphatic rings. The maximum absolute atomic E-state index is 12.1. The van der Waals surface area contributed by atoms with Gasteiger partial charge in [0.15, 0.2) is 0 Å². The van der Waals surface area contributed by atoms with Crippen LogP contribution in [0.2, 0.25) is 0 Å². The molecule has 0 heterocycles. The summed E-state index contributed by atoms with van der Waals surface area (Å²) in [5, 5.41) is 2.92. The second-order valence-corrected chi connectivity index (χ2v) is 5.72. The van der Waals surface area contributed by atoms with Crippen LogP contribution in [-0.4, -0.2) is 19.6 Å². The average molecular weight is 348 g/mol. The summed E-state index contributed by atoms with van der Waals surface area (Å²) in [6.07, 6.45) is -0.151. The van der Waals surface area contributed by atoms with Crippen molar-refractivity contribution in [2.75, 3.05) is 13.7 Å². The Bertz CT molecular complexity index is 628. The molecule has 2 aromatic carbocycles. The van der Waals surface area contributed by atoms with E-state index in [9.17, 15) is 4.79 Å². The number of methoxy groups -OCH3 is 1. The Kier molecular flexibility index (Phi) is 5.53. The Morgan fingerprint density at radius 2 is 2.00 bits per heavy atom. The SMILES string of the molecule is COC(CNC(=O)c1cccc(Br)c1)c1ccccc1C. The lowest BCUT2D eigenvalue weighted by Crippen LogP contribution is -2.29. The second-order valence-electron chi connectivity index (χ2n) is 4.80. The molecule has 0 spiro atoms. The maximum Gasteiger partial charge on any atom is 0.251 e. The molecular weight excluding hydrogens is 330 g/mol. The highest BCUT2D eigenvalue weighted by atomic mass is 79.9. The van der Waals surface area contributed by atoms with Crippen LogP contribution >= 0.6 is 15.9 Å². The lowest BCUT2D eigenvalue weighted by Gasteiger charge is -2.18. The third kappa shape index (κ3) is 4.16. The molecule has 0 fully saturated rings. The highest BCUT2D eigenvalue weighted by Crippen LogP contribution is 2.20. The number of rotatable bonds is 5. The van der Waals surface area contributed by atoms with E-state index in [0.29, 0.717) is 12.1 Å².